The summed E-state index contributed by atoms with van der Waals surface area (Å²) in [5.74, 6) is -0.417. The lowest BCUT2D eigenvalue weighted by Gasteiger charge is -2.09. The van der Waals surface area contributed by atoms with Crippen molar-refractivity contribution in [3.05, 3.63) is 40.3 Å². The van der Waals surface area contributed by atoms with Crippen LogP contribution < -0.4 is 5.73 Å². The molecule has 0 saturated carbocycles. The van der Waals surface area contributed by atoms with Gasteiger partial charge in [0, 0.05) is 30.1 Å². The molecular weight excluding hydrogens is 250 g/mol. The van der Waals surface area contributed by atoms with Crippen LogP contribution in [0.1, 0.15) is 16.5 Å². The van der Waals surface area contributed by atoms with Crippen LogP contribution in [0, 0.1) is 0 Å². The number of carbonyl (C=O) groups is 1. The van der Waals surface area contributed by atoms with E-state index in [0.717, 1.165) is 6.42 Å². The van der Waals surface area contributed by atoms with Crippen LogP contribution in [0.5, 0.6) is 0 Å². The molecule has 0 aromatic carbocycles. The van der Waals surface area contributed by atoms with Crippen LogP contribution in [0.4, 0.5) is 0 Å². The molecule has 0 bridgehead atoms. The van der Waals surface area contributed by atoms with Crippen LogP contribution >= 0.6 is 11.3 Å². The SMILES string of the molecule is Cn1cc(C(N)C(=O)OCCc2cccs2)cn1. The molecule has 2 heterocycles. The van der Waals surface area contributed by atoms with Gasteiger partial charge in [-0.3, -0.25) is 4.68 Å². The fourth-order valence-corrected chi connectivity index (χ4v) is 2.22. The average Bonchev–Trinajstić information content (AvgIpc) is 2.99. The zero-order chi connectivity index (χ0) is 13.0. The summed E-state index contributed by atoms with van der Waals surface area (Å²) >= 11 is 1.65. The third-order valence-electron chi connectivity index (χ3n) is 2.51. The highest BCUT2D eigenvalue weighted by Gasteiger charge is 2.18. The van der Waals surface area contributed by atoms with Crippen molar-refractivity contribution in [3.8, 4) is 0 Å². The molecule has 6 heteroatoms. The Balaban J connectivity index is 1.81. The summed E-state index contributed by atoms with van der Waals surface area (Å²) in [5.41, 5.74) is 6.45. The van der Waals surface area contributed by atoms with Gasteiger partial charge in [0.25, 0.3) is 0 Å². The number of rotatable bonds is 5. The smallest absolute Gasteiger partial charge is 0.327 e. The molecule has 5 nitrogen and oxygen atoms in total. The summed E-state index contributed by atoms with van der Waals surface area (Å²) in [7, 11) is 1.78. The summed E-state index contributed by atoms with van der Waals surface area (Å²) in [4.78, 5) is 12.9. The molecule has 0 aliphatic carbocycles. The number of aryl methyl sites for hydroxylation is 1. The van der Waals surface area contributed by atoms with Crippen LogP contribution in [0.25, 0.3) is 0 Å². The second kappa shape index (κ2) is 5.79. The van der Waals surface area contributed by atoms with Gasteiger partial charge in [-0.1, -0.05) is 6.07 Å². The van der Waals surface area contributed by atoms with Crippen LogP contribution in [0.15, 0.2) is 29.9 Å². The number of hydrogen-bond acceptors (Lipinski definition) is 5. The van der Waals surface area contributed by atoms with Gasteiger partial charge < -0.3 is 10.5 Å². The Morgan fingerprint density at radius 2 is 2.50 bits per heavy atom. The molecule has 2 aromatic rings. The normalized spacial score (nSPS) is 12.3. The zero-order valence-electron chi connectivity index (χ0n) is 10.1. The van der Waals surface area contributed by atoms with Crippen LogP contribution in [-0.4, -0.2) is 22.4 Å². The van der Waals surface area contributed by atoms with Gasteiger partial charge >= 0.3 is 5.97 Å². The number of nitrogens with two attached hydrogens (primary N) is 1. The largest absolute Gasteiger partial charge is 0.464 e. The highest BCUT2D eigenvalue weighted by Crippen LogP contribution is 2.12. The second-order valence-corrected chi connectivity index (χ2v) is 4.95. The minimum absolute atomic E-state index is 0.354. The lowest BCUT2D eigenvalue weighted by atomic mass is 10.2. The predicted molar refractivity (Wildman–Crippen MR) is 69.1 cm³/mol. The third-order valence-corrected chi connectivity index (χ3v) is 3.45. The summed E-state index contributed by atoms with van der Waals surface area (Å²) in [6, 6.07) is 3.23. The number of esters is 1. The monoisotopic (exact) mass is 265 g/mol. The van der Waals surface area contributed by atoms with Crippen LogP contribution in [0.3, 0.4) is 0 Å². The molecule has 1 unspecified atom stereocenters. The Hall–Kier alpha value is -1.66. The molecule has 0 radical (unpaired) electrons. The van der Waals surface area contributed by atoms with E-state index in [2.05, 4.69) is 5.10 Å². The van der Waals surface area contributed by atoms with Crippen molar-refractivity contribution in [1.29, 1.82) is 0 Å². The molecule has 0 spiro atoms. The zero-order valence-corrected chi connectivity index (χ0v) is 10.9. The average molecular weight is 265 g/mol. The number of nitrogens with zero attached hydrogens (tertiary/aromatic N) is 2. The van der Waals surface area contributed by atoms with E-state index in [1.165, 1.54) is 4.88 Å². The van der Waals surface area contributed by atoms with Gasteiger partial charge in [-0.25, -0.2) is 4.79 Å². The first kappa shape index (κ1) is 12.8. The molecular formula is C12H15N3O2S. The van der Waals surface area contributed by atoms with Gasteiger partial charge in [-0.15, -0.1) is 11.3 Å². The van der Waals surface area contributed by atoms with E-state index in [-0.39, 0.29) is 0 Å². The van der Waals surface area contributed by atoms with Crippen molar-refractivity contribution < 1.29 is 9.53 Å². The molecule has 0 aliphatic heterocycles. The summed E-state index contributed by atoms with van der Waals surface area (Å²) in [5, 5.41) is 5.97. The Labute approximate surface area is 109 Å². The molecule has 0 amide bonds. The number of hydrogen-bond donors (Lipinski definition) is 1. The van der Waals surface area contributed by atoms with Gasteiger partial charge in [-0.2, -0.15) is 5.10 Å². The molecule has 96 valence electrons. The lowest BCUT2D eigenvalue weighted by Crippen LogP contribution is -2.24. The van der Waals surface area contributed by atoms with Crippen molar-refractivity contribution in [2.24, 2.45) is 12.8 Å². The maximum Gasteiger partial charge on any atom is 0.327 e. The molecule has 0 aliphatic rings. The Morgan fingerprint density at radius 1 is 1.67 bits per heavy atom. The van der Waals surface area contributed by atoms with Crippen molar-refractivity contribution >= 4 is 17.3 Å². The Bertz CT molecular complexity index is 507. The van der Waals surface area contributed by atoms with Crippen molar-refractivity contribution in [1.82, 2.24) is 9.78 Å². The van der Waals surface area contributed by atoms with Crippen LogP contribution in [-0.2, 0) is 23.0 Å². The van der Waals surface area contributed by atoms with Gasteiger partial charge in [-0.05, 0) is 11.4 Å². The van der Waals surface area contributed by atoms with E-state index >= 15 is 0 Å². The van der Waals surface area contributed by atoms with Gasteiger partial charge in [0.05, 0.1) is 12.8 Å². The second-order valence-electron chi connectivity index (χ2n) is 3.92. The summed E-state index contributed by atoms with van der Waals surface area (Å²) in [6.45, 7) is 0.354. The minimum Gasteiger partial charge on any atom is -0.464 e. The standard InChI is InChI=1S/C12H15N3O2S/c1-15-8-9(7-14-15)11(13)12(16)17-5-4-10-3-2-6-18-10/h2-3,6-8,11H,4-5,13H2,1H3. The fraction of sp³-hybridized carbons (Fsp3) is 0.333. The Kier molecular flexibility index (Phi) is 4.11. The van der Waals surface area contributed by atoms with Crippen molar-refractivity contribution in [2.75, 3.05) is 6.61 Å². The van der Waals surface area contributed by atoms with E-state index in [1.807, 2.05) is 17.5 Å². The molecule has 2 rings (SSSR count). The molecule has 1 atom stereocenters. The number of carbonyl (C=O) groups excluding carboxylic acids is 1. The highest BCUT2D eigenvalue weighted by molar-refractivity contribution is 7.09. The van der Waals surface area contributed by atoms with Crippen molar-refractivity contribution in [2.45, 2.75) is 12.5 Å². The number of aromatic nitrogens is 2. The quantitative estimate of drug-likeness (QED) is 0.826. The van der Waals surface area contributed by atoms with E-state index in [0.29, 0.717) is 12.2 Å². The highest BCUT2D eigenvalue weighted by atomic mass is 32.1. The van der Waals surface area contributed by atoms with Crippen molar-refractivity contribution in [3.63, 3.8) is 0 Å². The maximum atomic E-state index is 11.7. The van der Waals surface area contributed by atoms with E-state index in [9.17, 15) is 4.79 Å². The van der Waals surface area contributed by atoms with Gasteiger partial charge in [0.1, 0.15) is 6.04 Å². The molecule has 2 aromatic heterocycles. The molecule has 18 heavy (non-hydrogen) atoms. The maximum absolute atomic E-state index is 11.7. The van der Waals surface area contributed by atoms with E-state index < -0.39 is 12.0 Å². The summed E-state index contributed by atoms with van der Waals surface area (Å²) < 4.78 is 6.75. The molecule has 2 N–H and O–H groups in total. The Morgan fingerprint density at radius 3 is 3.11 bits per heavy atom. The van der Waals surface area contributed by atoms with E-state index in [1.54, 1.807) is 35.5 Å². The first-order valence-electron chi connectivity index (χ1n) is 5.60. The summed E-state index contributed by atoms with van der Waals surface area (Å²) in [6.07, 6.45) is 4.01. The number of ether oxygens (including phenoxy) is 1. The fourth-order valence-electron chi connectivity index (χ4n) is 1.53. The third kappa shape index (κ3) is 3.18. The molecule has 0 saturated heterocycles. The van der Waals surface area contributed by atoms with Gasteiger partial charge in [0.2, 0.25) is 0 Å². The first-order valence-corrected chi connectivity index (χ1v) is 6.48. The van der Waals surface area contributed by atoms with E-state index in [4.69, 9.17) is 10.5 Å². The first-order chi connectivity index (χ1) is 8.66. The predicted octanol–water partition coefficient (Wildman–Crippen LogP) is 1.27. The van der Waals surface area contributed by atoms with Crippen LogP contribution in [0.2, 0.25) is 0 Å². The topological polar surface area (TPSA) is 70.1 Å². The van der Waals surface area contributed by atoms with Gasteiger partial charge in [0.15, 0.2) is 0 Å². The number of thiophene rings is 1. The lowest BCUT2D eigenvalue weighted by molar-refractivity contribution is -0.145. The minimum atomic E-state index is -0.762. The molecule has 0 fully saturated rings.